The van der Waals surface area contributed by atoms with Gasteiger partial charge in [-0.3, -0.25) is 4.79 Å². The van der Waals surface area contributed by atoms with E-state index in [0.717, 1.165) is 38.5 Å². The molecule has 1 heterocycles. The van der Waals surface area contributed by atoms with Gasteiger partial charge in [0.1, 0.15) is 0 Å². The van der Waals surface area contributed by atoms with Crippen molar-refractivity contribution in [2.24, 2.45) is 0 Å². The molecule has 0 bridgehead atoms. The molecule has 31 heavy (non-hydrogen) atoms. The quantitative estimate of drug-likeness (QED) is 0.722. The highest BCUT2D eigenvalue weighted by atomic mass is 32.2. The van der Waals surface area contributed by atoms with E-state index >= 15 is 0 Å². The monoisotopic (exact) mass is 456 g/mol. The molecule has 0 radical (unpaired) electrons. The summed E-state index contributed by atoms with van der Waals surface area (Å²) in [5.74, 6) is -0.196. The lowest BCUT2D eigenvalue weighted by Gasteiger charge is -2.31. The summed E-state index contributed by atoms with van der Waals surface area (Å²) in [6.45, 7) is 4.76. The number of carbonyl (C=O) groups is 1. The maximum absolute atomic E-state index is 13.2. The molecule has 6 nitrogen and oxygen atoms in total. The summed E-state index contributed by atoms with van der Waals surface area (Å²) in [5, 5.41) is 2.85. The van der Waals surface area contributed by atoms with E-state index in [9.17, 15) is 26.4 Å². The first kappa shape index (κ1) is 23.2. The number of rotatable bonds is 5. The number of halogens is 3. The Morgan fingerprint density at radius 2 is 1.65 bits per heavy atom. The van der Waals surface area contributed by atoms with Gasteiger partial charge in [0, 0.05) is 5.69 Å². The van der Waals surface area contributed by atoms with Gasteiger partial charge in [0.15, 0.2) is 6.54 Å². The molecule has 2 N–H and O–H groups in total. The molecular weight excluding hydrogens is 431 g/mol. The van der Waals surface area contributed by atoms with E-state index < -0.39 is 26.7 Å². The highest BCUT2D eigenvalue weighted by molar-refractivity contribution is 7.89. The fourth-order valence-electron chi connectivity index (χ4n) is 3.76. The van der Waals surface area contributed by atoms with E-state index in [2.05, 4.69) is 5.32 Å². The second-order valence-electron chi connectivity index (χ2n) is 7.75. The van der Waals surface area contributed by atoms with Crippen molar-refractivity contribution in [3.63, 3.8) is 0 Å². The Labute approximate surface area is 179 Å². The van der Waals surface area contributed by atoms with Crippen molar-refractivity contribution in [2.45, 2.75) is 24.9 Å². The van der Waals surface area contributed by atoms with Gasteiger partial charge in [0.25, 0.3) is 5.91 Å². The maximum Gasteiger partial charge on any atom is 0.417 e. The van der Waals surface area contributed by atoms with Crippen molar-refractivity contribution < 1.29 is 31.3 Å². The zero-order valence-electron chi connectivity index (χ0n) is 17.3. The molecule has 0 spiro atoms. The third-order valence-corrected chi connectivity index (χ3v) is 7.11. The van der Waals surface area contributed by atoms with Gasteiger partial charge in [-0.1, -0.05) is 18.2 Å². The highest BCUT2D eigenvalue weighted by Crippen LogP contribution is 2.35. The highest BCUT2D eigenvalue weighted by Gasteiger charge is 2.40. The number of sulfonamides is 1. The molecular formula is C21H25F3N3O3S+. The Bertz CT molecular complexity index is 1040. The lowest BCUT2D eigenvalue weighted by Crippen LogP contribution is -3.15. The van der Waals surface area contributed by atoms with Crippen molar-refractivity contribution >= 4 is 21.6 Å². The molecule has 0 aromatic heterocycles. The SMILES string of the molecule is Cc1cc(C)cc(NC(=O)C[NH+]2CCN(S(=O)(=O)c3ccccc3C(F)(F)F)CC2)c1. The van der Waals surface area contributed by atoms with Crippen molar-refractivity contribution in [1.29, 1.82) is 0 Å². The van der Waals surface area contributed by atoms with Gasteiger partial charge in [0.05, 0.1) is 36.6 Å². The first-order valence-electron chi connectivity index (χ1n) is 9.85. The largest absolute Gasteiger partial charge is 0.417 e. The van der Waals surface area contributed by atoms with E-state index in [4.69, 9.17) is 0 Å². The first-order valence-corrected chi connectivity index (χ1v) is 11.3. The fraction of sp³-hybridized carbons (Fsp3) is 0.381. The minimum absolute atomic E-state index is 0.0424. The predicted octanol–water partition coefficient (Wildman–Crippen LogP) is 1.85. The zero-order valence-corrected chi connectivity index (χ0v) is 18.1. The molecule has 1 fully saturated rings. The third-order valence-electron chi connectivity index (χ3n) is 5.16. The second-order valence-corrected chi connectivity index (χ2v) is 9.66. The van der Waals surface area contributed by atoms with E-state index in [-0.39, 0.29) is 25.5 Å². The van der Waals surface area contributed by atoms with E-state index in [0.29, 0.717) is 18.8 Å². The Hall–Kier alpha value is -2.43. The number of alkyl halides is 3. The topological polar surface area (TPSA) is 70.9 Å². The minimum Gasteiger partial charge on any atom is -0.325 e. The Morgan fingerprint density at radius 3 is 2.23 bits per heavy atom. The third kappa shape index (κ3) is 5.63. The second kappa shape index (κ2) is 8.97. The number of hydrogen-bond donors (Lipinski definition) is 2. The van der Waals surface area contributed by atoms with Crippen LogP contribution < -0.4 is 10.2 Å². The lowest BCUT2D eigenvalue weighted by molar-refractivity contribution is -0.895. The normalized spacial score (nSPS) is 16.3. The molecule has 3 rings (SSSR count). The van der Waals surface area contributed by atoms with E-state index in [1.54, 1.807) is 0 Å². The van der Waals surface area contributed by atoms with Crippen LogP contribution in [0.4, 0.5) is 18.9 Å². The molecule has 0 saturated carbocycles. The van der Waals surface area contributed by atoms with Crippen LogP contribution in [-0.2, 0) is 21.0 Å². The number of anilines is 1. The Balaban J connectivity index is 1.62. The van der Waals surface area contributed by atoms with Crippen LogP contribution in [0, 0.1) is 13.8 Å². The average Bonchev–Trinajstić information content (AvgIpc) is 2.67. The predicted molar refractivity (Wildman–Crippen MR) is 110 cm³/mol. The van der Waals surface area contributed by atoms with Gasteiger partial charge in [0.2, 0.25) is 10.0 Å². The molecule has 2 aromatic carbocycles. The summed E-state index contributed by atoms with van der Waals surface area (Å²) in [6.07, 6.45) is -4.76. The molecule has 0 atom stereocenters. The van der Waals surface area contributed by atoms with Gasteiger partial charge in [-0.15, -0.1) is 0 Å². The van der Waals surface area contributed by atoms with Crippen molar-refractivity contribution in [3.05, 3.63) is 59.2 Å². The lowest BCUT2D eigenvalue weighted by atomic mass is 10.1. The number of benzene rings is 2. The minimum atomic E-state index is -4.76. The number of aryl methyl sites for hydroxylation is 2. The zero-order chi connectivity index (χ0) is 22.8. The summed E-state index contributed by atoms with van der Waals surface area (Å²) >= 11 is 0. The number of quaternary nitrogens is 1. The van der Waals surface area contributed by atoms with Gasteiger partial charge in [-0.25, -0.2) is 8.42 Å². The first-order chi connectivity index (χ1) is 14.5. The van der Waals surface area contributed by atoms with Crippen LogP contribution in [0.3, 0.4) is 0 Å². The number of amides is 1. The van der Waals surface area contributed by atoms with Gasteiger partial charge >= 0.3 is 6.18 Å². The Kier molecular flexibility index (Phi) is 6.73. The Morgan fingerprint density at radius 1 is 1.06 bits per heavy atom. The molecule has 1 aliphatic rings. The summed E-state index contributed by atoms with van der Waals surface area (Å²) in [6, 6.07) is 9.92. The molecule has 1 saturated heterocycles. The number of nitrogens with one attached hydrogen (secondary N) is 2. The van der Waals surface area contributed by atoms with Crippen LogP contribution in [0.5, 0.6) is 0 Å². The van der Waals surface area contributed by atoms with Gasteiger partial charge in [-0.05, 0) is 49.2 Å². The van der Waals surface area contributed by atoms with Crippen LogP contribution in [-0.4, -0.2) is 51.4 Å². The van der Waals surface area contributed by atoms with Crippen molar-refractivity contribution in [2.75, 3.05) is 38.0 Å². The molecule has 2 aromatic rings. The molecule has 168 valence electrons. The fourth-order valence-corrected chi connectivity index (χ4v) is 5.42. The van der Waals surface area contributed by atoms with Crippen LogP contribution in [0.15, 0.2) is 47.4 Å². The molecule has 10 heteroatoms. The van der Waals surface area contributed by atoms with Crippen molar-refractivity contribution in [3.8, 4) is 0 Å². The van der Waals surface area contributed by atoms with Crippen LogP contribution >= 0.6 is 0 Å². The van der Waals surface area contributed by atoms with E-state index in [1.165, 1.54) is 6.07 Å². The van der Waals surface area contributed by atoms with Gasteiger partial charge in [-0.2, -0.15) is 17.5 Å². The molecule has 0 aliphatic carbocycles. The number of hydrogen-bond acceptors (Lipinski definition) is 3. The molecule has 1 amide bonds. The summed E-state index contributed by atoms with van der Waals surface area (Å²) in [5.41, 5.74) is 1.59. The van der Waals surface area contributed by atoms with Gasteiger partial charge < -0.3 is 10.2 Å². The number of carbonyl (C=O) groups excluding carboxylic acids is 1. The smallest absolute Gasteiger partial charge is 0.325 e. The number of piperazine rings is 1. The van der Waals surface area contributed by atoms with Crippen LogP contribution in [0.25, 0.3) is 0 Å². The average molecular weight is 457 g/mol. The van der Waals surface area contributed by atoms with Crippen LogP contribution in [0.1, 0.15) is 16.7 Å². The summed E-state index contributed by atoms with van der Waals surface area (Å²) in [7, 11) is -4.29. The van der Waals surface area contributed by atoms with Crippen molar-refractivity contribution in [1.82, 2.24) is 4.31 Å². The standard InChI is InChI=1S/C21H24F3N3O3S/c1-15-11-16(2)13-17(12-15)25-20(28)14-26-7-9-27(10-8-26)31(29,30)19-6-4-3-5-18(19)21(22,23)24/h3-6,11-13H,7-10,14H2,1-2H3,(H,25,28)/p+1. The van der Waals surface area contributed by atoms with E-state index in [1.807, 2.05) is 32.0 Å². The molecule has 1 aliphatic heterocycles. The summed E-state index contributed by atoms with van der Waals surface area (Å²) < 4.78 is 66.5. The van der Waals surface area contributed by atoms with Crippen LogP contribution in [0.2, 0.25) is 0 Å². The maximum atomic E-state index is 13.2. The number of nitrogens with zero attached hydrogens (tertiary/aromatic N) is 1. The molecule has 0 unspecified atom stereocenters. The summed E-state index contributed by atoms with van der Waals surface area (Å²) in [4.78, 5) is 12.5.